The molecule has 5 heteroatoms. The smallest absolute Gasteiger partial charge is 0.308 e. The molecule has 2 atom stereocenters. The van der Waals surface area contributed by atoms with Gasteiger partial charge in [0.05, 0.1) is 19.6 Å². The maximum Gasteiger partial charge on any atom is 0.308 e. The second-order valence-corrected chi connectivity index (χ2v) is 4.78. The van der Waals surface area contributed by atoms with E-state index in [2.05, 4.69) is 4.74 Å². The van der Waals surface area contributed by atoms with Crippen molar-refractivity contribution >= 4 is 5.97 Å². The van der Waals surface area contributed by atoms with Crippen LogP contribution in [0.4, 0.5) is 0 Å². The molecule has 22 heavy (non-hydrogen) atoms. The Morgan fingerprint density at radius 3 is 2.18 bits per heavy atom. The number of rotatable bonds is 6. The van der Waals surface area contributed by atoms with Gasteiger partial charge in [-0.15, -0.1) is 0 Å². The van der Waals surface area contributed by atoms with Gasteiger partial charge in [0.15, 0.2) is 0 Å². The number of aliphatic hydroxyl groups excluding tert-OH is 2. The first-order valence-corrected chi connectivity index (χ1v) is 6.86. The minimum atomic E-state index is -1.21. The lowest BCUT2D eigenvalue weighted by molar-refractivity contribution is -0.144. The van der Waals surface area contributed by atoms with Crippen LogP contribution in [0.5, 0.6) is 11.5 Å². The molecule has 0 amide bonds. The van der Waals surface area contributed by atoms with E-state index in [1.807, 2.05) is 30.3 Å². The van der Waals surface area contributed by atoms with E-state index in [-0.39, 0.29) is 6.42 Å². The number of carbonyl (C=O) groups excluding carboxylic acids is 1. The number of aliphatic hydroxyl groups is 2. The summed E-state index contributed by atoms with van der Waals surface area (Å²) in [4.78, 5) is 11.1. The fourth-order valence-electron chi connectivity index (χ4n) is 1.95. The number of hydrogen-bond donors (Lipinski definition) is 2. The van der Waals surface area contributed by atoms with Crippen molar-refractivity contribution in [3.05, 3.63) is 60.2 Å². The van der Waals surface area contributed by atoms with Crippen molar-refractivity contribution < 1.29 is 24.5 Å². The summed E-state index contributed by atoms with van der Waals surface area (Å²) < 4.78 is 10.1. The lowest BCUT2D eigenvalue weighted by Gasteiger charge is -2.17. The first-order chi connectivity index (χ1) is 10.6. The Morgan fingerprint density at radius 1 is 1.00 bits per heavy atom. The summed E-state index contributed by atoms with van der Waals surface area (Å²) in [5.74, 6) is 0.752. The number of hydrogen-bond acceptors (Lipinski definition) is 5. The first-order valence-electron chi connectivity index (χ1n) is 6.86. The van der Waals surface area contributed by atoms with Crippen molar-refractivity contribution in [2.75, 3.05) is 7.11 Å². The molecule has 0 aliphatic rings. The van der Waals surface area contributed by atoms with Gasteiger partial charge in [-0.3, -0.25) is 4.79 Å². The molecular formula is C17H18O5. The van der Waals surface area contributed by atoms with Crippen LogP contribution in [0.1, 0.15) is 18.1 Å². The van der Waals surface area contributed by atoms with Crippen LogP contribution in [0.25, 0.3) is 0 Å². The van der Waals surface area contributed by atoms with E-state index in [4.69, 9.17) is 4.74 Å². The van der Waals surface area contributed by atoms with Gasteiger partial charge in [0.25, 0.3) is 0 Å². The molecule has 0 aromatic heterocycles. The lowest BCUT2D eigenvalue weighted by Crippen LogP contribution is -2.22. The van der Waals surface area contributed by atoms with Crippen LogP contribution in [0.2, 0.25) is 0 Å². The molecule has 0 fully saturated rings. The molecule has 2 rings (SSSR count). The zero-order valence-corrected chi connectivity index (χ0v) is 12.2. The molecule has 0 aliphatic heterocycles. The monoisotopic (exact) mass is 302 g/mol. The number of benzene rings is 2. The summed E-state index contributed by atoms with van der Waals surface area (Å²) in [5, 5.41) is 19.8. The third-order valence-electron chi connectivity index (χ3n) is 3.17. The van der Waals surface area contributed by atoms with E-state index < -0.39 is 18.2 Å². The lowest BCUT2D eigenvalue weighted by atomic mass is 10.0. The number of carbonyl (C=O) groups is 1. The molecule has 0 spiro atoms. The largest absolute Gasteiger partial charge is 0.469 e. The van der Waals surface area contributed by atoms with Gasteiger partial charge in [-0.2, -0.15) is 0 Å². The van der Waals surface area contributed by atoms with Gasteiger partial charge < -0.3 is 19.7 Å². The van der Waals surface area contributed by atoms with Gasteiger partial charge in [-0.25, -0.2) is 0 Å². The van der Waals surface area contributed by atoms with Crippen LogP contribution in [-0.2, 0) is 9.53 Å². The molecule has 0 saturated heterocycles. The van der Waals surface area contributed by atoms with Crippen LogP contribution in [0.15, 0.2) is 54.6 Å². The summed E-state index contributed by atoms with van der Waals surface area (Å²) >= 11 is 0. The Balaban J connectivity index is 2.00. The Labute approximate surface area is 128 Å². The molecule has 2 aromatic rings. The third-order valence-corrected chi connectivity index (χ3v) is 3.17. The molecule has 0 radical (unpaired) electrons. The molecule has 0 bridgehead atoms. The first kappa shape index (κ1) is 16.0. The van der Waals surface area contributed by atoms with Crippen molar-refractivity contribution in [1.29, 1.82) is 0 Å². The van der Waals surface area contributed by atoms with Crippen molar-refractivity contribution in [2.45, 2.75) is 18.6 Å². The molecular weight excluding hydrogens is 284 g/mol. The highest BCUT2D eigenvalue weighted by Gasteiger charge is 2.21. The average Bonchev–Trinajstić information content (AvgIpc) is 2.55. The number of para-hydroxylation sites is 1. The highest BCUT2D eigenvalue weighted by Crippen LogP contribution is 2.25. The summed E-state index contributed by atoms with van der Waals surface area (Å²) in [6.07, 6.45) is -2.64. The molecule has 0 heterocycles. The van der Waals surface area contributed by atoms with Crippen LogP contribution < -0.4 is 4.74 Å². The summed E-state index contributed by atoms with van der Waals surface area (Å²) in [6, 6.07) is 16.0. The van der Waals surface area contributed by atoms with Gasteiger partial charge in [0.2, 0.25) is 0 Å². The summed E-state index contributed by atoms with van der Waals surface area (Å²) in [6.45, 7) is 0. The minimum Gasteiger partial charge on any atom is -0.469 e. The second kappa shape index (κ2) is 7.59. The SMILES string of the molecule is COC(=O)CC(O)C(O)c1ccc(Oc2ccccc2)cc1. The van der Waals surface area contributed by atoms with E-state index in [0.717, 1.165) is 0 Å². The highest BCUT2D eigenvalue weighted by molar-refractivity contribution is 5.69. The second-order valence-electron chi connectivity index (χ2n) is 4.78. The molecule has 2 aromatic carbocycles. The molecule has 2 N–H and O–H groups in total. The van der Waals surface area contributed by atoms with E-state index in [1.165, 1.54) is 7.11 Å². The van der Waals surface area contributed by atoms with E-state index >= 15 is 0 Å². The molecule has 116 valence electrons. The fourth-order valence-corrected chi connectivity index (χ4v) is 1.95. The van der Waals surface area contributed by atoms with Gasteiger partial charge in [0.1, 0.15) is 17.6 Å². The fraction of sp³-hybridized carbons (Fsp3) is 0.235. The zero-order valence-electron chi connectivity index (χ0n) is 12.2. The highest BCUT2D eigenvalue weighted by atomic mass is 16.5. The van der Waals surface area contributed by atoms with E-state index in [1.54, 1.807) is 24.3 Å². The Morgan fingerprint density at radius 2 is 1.59 bits per heavy atom. The maximum absolute atomic E-state index is 11.1. The van der Waals surface area contributed by atoms with Gasteiger partial charge in [-0.1, -0.05) is 30.3 Å². The predicted octanol–water partition coefficient (Wildman–Crippen LogP) is 2.44. The van der Waals surface area contributed by atoms with Gasteiger partial charge in [-0.05, 0) is 29.8 Å². The topological polar surface area (TPSA) is 76.0 Å². The molecule has 0 saturated carbocycles. The van der Waals surface area contributed by atoms with Crippen molar-refractivity contribution in [2.24, 2.45) is 0 Å². The normalized spacial score (nSPS) is 13.2. The minimum absolute atomic E-state index is 0.264. The molecule has 0 aliphatic carbocycles. The van der Waals surface area contributed by atoms with Crippen LogP contribution in [0.3, 0.4) is 0 Å². The van der Waals surface area contributed by atoms with Crippen LogP contribution in [-0.4, -0.2) is 29.4 Å². The van der Waals surface area contributed by atoms with Crippen molar-refractivity contribution in [3.8, 4) is 11.5 Å². The third kappa shape index (κ3) is 4.31. The Kier molecular flexibility index (Phi) is 5.52. The Hall–Kier alpha value is -2.37. The number of methoxy groups -OCH3 is 1. The number of ether oxygens (including phenoxy) is 2. The predicted molar refractivity (Wildman–Crippen MR) is 80.6 cm³/mol. The maximum atomic E-state index is 11.1. The van der Waals surface area contributed by atoms with Crippen molar-refractivity contribution in [1.82, 2.24) is 0 Å². The average molecular weight is 302 g/mol. The van der Waals surface area contributed by atoms with E-state index in [0.29, 0.717) is 17.1 Å². The Bertz CT molecular complexity index is 594. The van der Waals surface area contributed by atoms with Gasteiger partial charge in [0, 0.05) is 0 Å². The van der Waals surface area contributed by atoms with Crippen LogP contribution in [0, 0.1) is 0 Å². The van der Waals surface area contributed by atoms with Gasteiger partial charge >= 0.3 is 5.97 Å². The zero-order chi connectivity index (χ0) is 15.9. The van der Waals surface area contributed by atoms with Crippen molar-refractivity contribution in [3.63, 3.8) is 0 Å². The quantitative estimate of drug-likeness (QED) is 0.802. The molecule has 2 unspecified atom stereocenters. The molecule has 5 nitrogen and oxygen atoms in total. The standard InChI is InChI=1S/C17H18O5/c1-21-16(19)11-15(18)17(20)12-7-9-14(10-8-12)22-13-5-3-2-4-6-13/h2-10,15,17-18,20H,11H2,1H3. The van der Waals surface area contributed by atoms with Crippen LogP contribution >= 0.6 is 0 Å². The summed E-state index contributed by atoms with van der Waals surface area (Å²) in [5.41, 5.74) is 0.497. The number of esters is 1. The summed E-state index contributed by atoms with van der Waals surface area (Å²) in [7, 11) is 1.23. The van der Waals surface area contributed by atoms with E-state index in [9.17, 15) is 15.0 Å².